The van der Waals surface area contributed by atoms with Crippen molar-refractivity contribution < 1.29 is 23.8 Å². The van der Waals surface area contributed by atoms with Gasteiger partial charge in [-0.25, -0.2) is 4.39 Å². The lowest BCUT2D eigenvalue weighted by Crippen LogP contribution is -2.45. The van der Waals surface area contributed by atoms with Crippen LogP contribution in [0.15, 0.2) is 30.6 Å². The molecule has 0 aliphatic heterocycles. The van der Waals surface area contributed by atoms with Crippen molar-refractivity contribution in [2.24, 2.45) is 5.92 Å². The van der Waals surface area contributed by atoms with E-state index >= 15 is 0 Å². The minimum absolute atomic E-state index is 0.0841. The first-order valence-electron chi connectivity index (χ1n) is 11.1. The Hall–Kier alpha value is -3.00. The lowest BCUT2D eigenvalue weighted by atomic mass is 9.92. The number of nitrogens with one attached hydrogen (secondary N) is 2. The fourth-order valence-corrected chi connectivity index (χ4v) is 3.79. The summed E-state index contributed by atoms with van der Waals surface area (Å²) >= 11 is 0. The molecule has 3 N–H and O–H groups in total. The highest BCUT2D eigenvalue weighted by Crippen LogP contribution is 2.29. The van der Waals surface area contributed by atoms with Gasteiger partial charge in [-0.2, -0.15) is 0 Å². The number of aromatic nitrogens is 1. The van der Waals surface area contributed by atoms with E-state index in [1.165, 1.54) is 19.2 Å². The summed E-state index contributed by atoms with van der Waals surface area (Å²) in [6.07, 6.45) is 7.81. The van der Waals surface area contributed by atoms with Crippen molar-refractivity contribution in [1.29, 1.82) is 0 Å². The van der Waals surface area contributed by atoms with Crippen LogP contribution >= 0.6 is 0 Å². The third kappa shape index (κ3) is 5.43. The predicted octanol–water partition coefficient (Wildman–Crippen LogP) is 3.60. The van der Waals surface area contributed by atoms with Crippen molar-refractivity contribution in [1.82, 2.24) is 10.3 Å². The van der Waals surface area contributed by atoms with Gasteiger partial charge in [0.2, 0.25) is 0 Å². The van der Waals surface area contributed by atoms with E-state index in [2.05, 4.69) is 15.6 Å². The number of carbonyl (C=O) groups is 2. The minimum Gasteiger partial charge on any atom is -0.492 e. The Morgan fingerprint density at radius 2 is 1.88 bits per heavy atom. The summed E-state index contributed by atoms with van der Waals surface area (Å²) in [4.78, 5) is 29.5. The van der Waals surface area contributed by atoms with Gasteiger partial charge in [0.15, 0.2) is 0 Å². The lowest BCUT2D eigenvalue weighted by Gasteiger charge is -2.28. The Morgan fingerprint density at radius 1 is 1.09 bits per heavy atom. The zero-order valence-corrected chi connectivity index (χ0v) is 18.1. The van der Waals surface area contributed by atoms with Crippen LogP contribution < -0.4 is 15.4 Å². The topological polar surface area (TPSA) is 101 Å². The summed E-state index contributed by atoms with van der Waals surface area (Å²) < 4.78 is 20.2. The van der Waals surface area contributed by atoms with Gasteiger partial charge in [0.1, 0.15) is 11.6 Å². The molecule has 2 atom stereocenters. The fraction of sp³-hybridized carbons (Fsp3) is 0.458. The van der Waals surface area contributed by atoms with Crippen LogP contribution in [-0.4, -0.2) is 40.7 Å². The maximum Gasteiger partial charge on any atom is 0.257 e. The second-order valence-electron chi connectivity index (χ2n) is 8.68. The molecule has 170 valence electrons. The summed E-state index contributed by atoms with van der Waals surface area (Å²) in [5, 5.41) is 15.6. The number of carbonyl (C=O) groups excluding carboxylic acids is 2. The van der Waals surface area contributed by atoms with Gasteiger partial charge >= 0.3 is 0 Å². The molecule has 0 spiro atoms. The van der Waals surface area contributed by atoms with E-state index in [4.69, 9.17) is 4.74 Å². The zero-order chi connectivity index (χ0) is 22.7. The first kappa shape index (κ1) is 22.2. The number of amides is 2. The van der Waals surface area contributed by atoms with Crippen molar-refractivity contribution in [2.45, 2.75) is 57.6 Å². The molecule has 0 saturated heterocycles. The van der Waals surface area contributed by atoms with Crippen LogP contribution in [0.4, 0.5) is 10.1 Å². The Labute approximate surface area is 186 Å². The van der Waals surface area contributed by atoms with Crippen LogP contribution in [0.2, 0.25) is 0 Å². The molecular weight excluding hydrogens is 413 g/mol. The molecule has 0 radical (unpaired) electrons. The summed E-state index contributed by atoms with van der Waals surface area (Å²) in [5.74, 6) is -0.482. The first-order chi connectivity index (χ1) is 15.4. The second kappa shape index (κ2) is 9.65. The van der Waals surface area contributed by atoms with Crippen molar-refractivity contribution in [3.05, 3.63) is 53.1 Å². The highest BCUT2D eigenvalue weighted by molar-refractivity contribution is 6.05. The van der Waals surface area contributed by atoms with Crippen molar-refractivity contribution >= 4 is 17.5 Å². The van der Waals surface area contributed by atoms with E-state index in [1.807, 2.05) is 0 Å². The van der Waals surface area contributed by atoms with Gasteiger partial charge in [-0.3, -0.25) is 14.6 Å². The Morgan fingerprint density at radius 3 is 2.62 bits per heavy atom. The number of benzene rings is 1. The second-order valence-corrected chi connectivity index (χ2v) is 8.68. The van der Waals surface area contributed by atoms with E-state index in [0.717, 1.165) is 31.7 Å². The molecule has 7 nitrogen and oxygen atoms in total. The van der Waals surface area contributed by atoms with Crippen LogP contribution in [0.1, 0.15) is 64.8 Å². The summed E-state index contributed by atoms with van der Waals surface area (Å²) in [5.41, 5.74) is 0.787. The molecule has 1 aromatic heterocycles. The maximum atomic E-state index is 14.5. The van der Waals surface area contributed by atoms with Gasteiger partial charge in [-0.1, -0.05) is 12.8 Å². The van der Waals surface area contributed by atoms with Crippen LogP contribution in [0, 0.1) is 18.7 Å². The Balaban J connectivity index is 1.47. The van der Waals surface area contributed by atoms with E-state index in [-0.39, 0.29) is 28.4 Å². The number of nitrogens with zero attached hydrogens (tertiary/aromatic N) is 1. The van der Waals surface area contributed by atoms with E-state index in [9.17, 15) is 19.1 Å². The quantitative estimate of drug-likeness (QED) is 0.610. The predicted molar refractivity (Wildman–Crippen MR) is 117 cm³/mol. The fourth-order valence-electron chi connectivity index (χ4n) is 3.79. The molecule has 8 heteroatoms. The van der Waals surface area contributed by atoms with Gasteiger partial charge in [-0.05, 0) is 56.7 Å². The molecule has 1 heterocycles. The molecule has 0 bridgehead atoms. The molecule has 4 rings (SSSR count). The summed E-state index contributed by atoms with van der Waals surface area (Å²) in [6.45, 7) is 2.13. The number of aliphatic hydroxyl groups is 1. The van der Waals surface area contributed by atoms with Crippen molar-refractivity contribution in [3.63, 3.8) is 0 Å². The monoisotopic (exact) mass is 441 g/mol. The first-order valence-corrected chi connectivity index (χ1v) is 11.1. The zero-order valence-electron chi connectivity index (χ0n) is 18.1. The SMILES string of the molecule is Cc1c(F)cc(C(=O)N[C@H]2CCCC[C@@H]2O)cc1NC(=O)c1cncc(OCC2CC2)c1. The summed E-state index contributed by atoms with van der Waals surface area (Å²) in [7, 11) is 0. The number of aliphatic hydroxyl groups excluding tert-OH is 1. The molecule has 32 heavy (non-hydrogen) atoms. The molecule has 0 unspecified atom stereocenters. The Bertz CT molecular complexity index is 1010. The van der Waals surface area contributed by atoms with Crippen molar-refractivity contribution in [2.75, 3.05) is 11.9 Å². The van der Waals surface area contributed by atoms with Crippen LogP contribution in [0.3, 0.4) is 0 Å². The van der Waals surface area contributed by atoms with Crippen LogP contribution in [0.5, 0.6) is 5.75 Å². The average molecular weight is 442 g/mol. The number of pyridine rings is 1. The van der Waals surface area contributed by atoms with E-state index < -0.39 is 23.7 Å². The minimum atomic E-state index is -0.607. The number of halogens is 1. The molecule has 2 fully saturated rings. The van der Waals surface area contributed by atoms with Crippen LogP contribution in [0.25, 0.3) is 0 Å². The average Bonchev–Trinajstić information content (AvgIpc) is 3.61. The summed E-state index contributed by atoms with van der Waals surface area (Å²) in [6, 6.07) is 3.82. The number of hydrogen-bond acceptors (Lipinski definition) is 5. The van der Waals surface area contributed by atoms with Gasteiger partial charge in [0.25, 0.3) is 11.8 Å². The molecule has 2 aliphatic rings. The standard InChI is InChI=1S/C24H28FN3O4/c1-14-19(25)9-16(23(30)27-20-4-2-3-5-22(20)29)10-21(14)28-24(31)17-8-18(12-26-11-17)32-13-15-6-7-15/h8-12,15,20,22,29H,2-7,13H2,1H3,(H,27,30)(H,28,31)/t20-,22-/m0/s1. The molecule has 2 amide bonds. The molecule has 1 aromatic carbocycles. The van der Waals surface area contributed by atoms with E-state index in [0.29, 0.717) is 31.1 Å². The van der Waals surface area contributed by atoms with Gasteiger partial charge in [0.05, 0.1) is 30.5 Å². The van der Waals surface area contributed by atoms with Gasteiger partial charge < -0.3 is 20.5 Å². The third-order valence-corrected chi connectivity index (χ3v) is 6.06. The lowest BCUT2D eigenvalue weighted by molar-refractivity contribution is 0.0717. The van der Waals surface area contributed by atoms with Crippen molar-refractivity contribution in [3.8, 4) is 5.75 Å². The molecular formula is C24H28FN3O4. The van der Waals surface area contributed by atoms with Gasteiger partial charge in [0, 0.05) is 23.0 Å². The number of hydrogen-bond donors (Lipinski definition) is 3. The van der Waals surface area contributed by atoms with E-state index in [1.54, 1.807) is 12.3 Å². The third-order valence-electron chi connectivity index (χ3n) is 6.06. The van der Waals surface area contributed by atoms with Gasteiger partial charge in [-0.15, -0.1) is 0 Å². The Kier molecular flexibility index (Phi) is 6.69. The number of ether oxygens (including phenoxy) is 1. The normalized spacial score (nSPS) is 20.5. The molecule has 2 aromatic rings. The molecule has 2 aliphatic carbocycles. The highest BCUT2D eigenvalue weighted by Gasteiger charge is 2.26. The molecule has 2 saturated carbocycles. The van der Waals surface area contributed by atoms with Crippen LogP contribution in [-0.2, 0) is 0 Å². The number of rotatable bonds is 7. The largest absolute Gasteiger partial charge is 0.492 e. The smallest absolute Gasteiger partial charge is 0.257 e. The maximum absolute atomic E-state index is 14.5. The highest BCUT2D eigenvalue weighted by atomic mass is 19.1. The number of anilines is 1.